The van der Waals surface area contributed by atoms with Crippen molar-refractivity contribution in [2.45, 2.75) is 30.7 Å². The van der Waals surface area contributed by atoms with Crippen LogP contribution in [0.2, 0.25) is 0 Å². The fraction of sp³-hybridized carbons (Fsp3) is 0.538. The van der Waals surface area contributed by atoms with Crippen molar-refractivity contribution < 1.29 is 21.2 Å². The number of nitrogens with zero attached hydrogens (tertiary/aromatic N) is 1. The summed E-state index contributed by atoms with van der Waals surface area (Å²) < 4.78 is 65.3. The number of hydrogen-bond donors (Lipinski definition) is 2. The van der Waals surface area contributed by atoms with Crippen molar-refractivity contribution in [3.63, 3.8) is 0 Å². The molecule has 0 unspecified atom stereocenters. The average Bonchev–Trinajstić information content (AvgIpc) is 2.49. The minimum absolute atomic E-state index is 0.0241. The summed E-state index contributed by atoms with van der Waals surface area (Å²) in [6.07, 6.45) is 1.10. The van der Waals surface area contributed by atoms with E-state index in [1.165, 1.54) is 17.3 Å². The zero-order chi connectivity index (χ0) is 17.3. The fourth-order valence-electron chi connectivity index (χ4n) is 2.24. The smallest absolute Gasteiger partial charge is 0.243 e. The van der Waals surface area contributed by atoms with Gasteiger partial charge in [0.2, 0.25) is 20.0 Å². The van der Waals surface area contributed by atoms with Gasteiger partial charge in [0.05, 0.1) is 16.3 Å². The molecule has 3 N–H and O–H groups in total. The quantitative estimate of drug-likeness (QED) is 0.798. The Morgan fingerprint density at radius 2 is 1.87 bits per heavy atom. The molecule has 1 aromatic carbocycles. The third-order valence-corrected chi connectivity index (χ3v) is 6.91. The van der Waals surface area contributed by atoms with Gasteiger partial charge in [0.15, 0.2) is 0 Å². The Hall–Kier alpha value is -1.23. The number of halogens is 1. The molecule has 0 saturated carbocycles. The number of hydrogen-bond acceptors (Lipinski definition) is 5. The minimum atomic E-state index is -3.81. The third kappa shape index (κ3) is 4.19. The van der Waals surface area contributed by atoms with Crippen LogP contribution in [-0.2, 0) is 20.0 Å². The van der Waals surface area contributed by atoms with Crippen LogP contribution < -0.4 is 10.5 Å². The molecule has 1 aliphatic rings. The van der Waals surface area contributed by atoms with Gasteiger partial charge in [-0.15, -0.1) is 0 Å². The highest BCUT2D eigenvalue weighted by molar-refractivity contribution is 7.92. The molecule has 2 rings (SSSR count). The first-order chi connectivity index (χ1) is 10.7. The van der Waals surface area contributed by atoms with E-state index in [0.717, 1.165) is 12.1 Å². The number of rotatable bonds is 5. The summed E-state index contributed by atoms with van der Waals surface area (Å²) in [7, 11) is -7.45. The molecule has 23 heavy (non-hydrogen) atoms. The Morgan fingerprint density at radius 1 is 1.26 bits per heavy atom. The van der Waals surface area contributed by atoms with E-state index in [9.17, 15) is 21.2 Å². The SMILES string of the molecule is CCS(=O)(=O)Nc1ccc(S(=O)(=O)N2CCC(N)CC2)cc1F. The van der Waals surface area contributed by atoms with Crippen molar-refractivity contribution in [1.29, 1.82) is 0 Å². The number of nitrogens with one attached hydrogen (secondary N) is 1. The van der Waals surface area contributed by atoms with E-state index >= 15 is 0 Å². The van der Waals surface area contributed by atoms with Gasteiger partial charge < -0.3 is 5.73 Å². The molecule has 0 aliphatic carbocycles. The lowest BCUT2D eigenvalue weighted by atomic mass is 10.1. The molecule has 0 amide bonds. The molecule has 1 fully saturated rings. The van der Waals surface area contributed by atoms with Crippen LogP contribution in [0.5, 0.6) is 0 Å². The number of benzene rings is 1. The van der Waals surface area contributed by atoms with E-state index in [1.807, 2.05) is 0 Å². The number of nitrogens with two attached hydrogens (primary N) is 1. The second-order valence-electron chi connectivity index (χ2n) is 5.39. The summed E-state index contributed by atoms with van der Waals surface area (Å²) in [5.41, 5.74) is 5.48. The molecule has 1 aromatic rings. The second-order valence-corrected chi connectivity index (χ2v) is 9.34. The van der Waals surface area contributed by atoms with Gasteiger partial charge in [-0.3, -0.25) is 4.72 Å². The lowest BCUT2D eigenvalue weighted by Crippen LogP contribution is -2.42. The zero-order valence-electron chi connectivity index (χ0n) is 12.7. The van der Waals surface area contributed by atoms with Gasteiger partial charge >= 0.3 is 0 Å². The van der Waals surface area contributed by atoms with E-state index in [4.69, 9.17) is 5.73 Å². The van der Waals surface area contributed by atoms with Crippen LogP contribution in [-0.4, -0.2) is 46.0 Å². The van der Waals surface area contributed by atoms with Crippen molar-refractivity contribution >= 4 is 25.7 Å². The monoisotopic (exact) mass is 365 g/mol. The molecule has 1 saturated heterocycles. The fourth-order valence-corrected chi connectivity index (χ4v) is 4.37. The zero-order valence-corrected chi connectivity index (χ0v) is 14.3. The molecule has 0 aromatic heterocycles. The highest BCUT2D eigenvalue weighted by Crippen LogP contribution is 2.24. The standard InChI is InChI=1S/C13H20FN3O4S2/c1-2-22(18,19)16-13-4-3-11(9-12(13)14)23(20,21)17-7-5-10(15)6-8-17/h3-4,9-10,16H,2,5-8,15H2,1H3. The van der Waals surface area contributed by atoms with Crippen LogP contribution in [0.1, 0.15) is 19.8 Å². The molecule has 0 atom stereocenters. The molecular weight excluding hydrogens is 345 g/mol. The van der Waals surface area contributed by atoms with Gasteiger partial charge in [-0.2, -0.15) is 4.31 Å². The first-order valence-electron chi connectivity index (χ1n) is 7.21. The maximum atomic E-state index is 14.0. The summed E-state index contributed by atoms with van der Waals surface area (Å²) in [6, 6.07) is 3.12. The Kier molecular flexibility index (Phi) is 5.29. The normalized spacial score (nSPS) is 18.0. The molecule has 7 nitrogen and oxygen atoms in total. The van der Waals surface area contributed by atoms with Crippen LogP contribution in [0.3, 0.4) is 0 Å². The van der Waals surface area contributed by atoms with E-state index in [0.29, 0.717) is 12.8 Å². The van der Waals surface area contributed by atoms with Gasteiger partial charge in [-0.1, -0.05) is 0 Å². The summed E-state index contributed by atoms with van der Waals surface area (Å²) in [4.78, 5) is -0.204. The molecule has 130 valence electrons. The number of piperidine rings is 1. The maximum absolute atomic E-state index is 14.0. The molecule has 0 spiro atoms. The van der Waals surface area contributed by atoms with Crippen molar-refractivity contribution in [2.24, 2.45) is 5.73 Å². The predicted octanol–water partition coefficient (Wildman–Crippen LogP) is 0.699. The van der Waals surface area contributed by atoms with Crippen molar-refractivity contribution in [1.82, 2.24) is 4.31 Å². The first kappa shape index (κ1) is 18.1. The van der Waals surface area contributed by atoms with Crippen molar-refractivity contribution in [3.05, 3.63) is 24.0 Å². The Bertz CT molecular complexity index is 772. The second kappa shape index (κ2) is 6.71. The first-order valence-corrected chi connectivity index (χ1v) is 10.3. The molecule has 1 aliphatic heterocycles. The third-order valence-electron chi connectivity index (χ3n) is 3.72. The van der Waals surface area contributed by atoms with E-state index in [-0.39, 0.29) is 35.5 Å². The summed E-state index contributed by atoms with van der Waals surface area (Å²) in [6.45, 7) is 1.99. The van der Waals surface area contributed by atoms with E-state index < -0.39 is 25.9 Å². The lowest BCUT2D eigenvalue weighted by molar-refractivity contribution is 0.320. The molecule has 0 radical (unpaired) electrons. The van der Waals surface area contributed by atoms with E-state index in [1.54, 1.807) is 0 Å². The maximum Gasteiger partial charge on any atom is 0.243 e. The van der Waals surface area contributed by atoms with Gasteiger partial charge in [-0.25, -0.2) is 21.2 Å². The van der Waals surface area contributed by atoms with Crippen LogP contribution in [0, 0.1) is 5.82 Å². The summed E-state index contributed by atoms with van der Waals surface area (Å²) in [5, 5.41) is 0. The highest BCUT2D eigenvalue weighted by Gasteiger charge is 2.29. The van der Waals surface area contributed by atoms with Crippen molar-refractivity contribution in [3.8, 4) is 0 Å². The van der Waals surface area contributed by atoms with Crippen LogP contribution in [0.4, 0.5) is 10.1 Å². The molecule has 1 heterocycles. The minimum Gasteiger partial charge on any atom is -0.328 e. The Labute approximate surface area is 135 Å². The lowest BCUT2D eigenvalue weighted by Gasteiger charge is -2.29. The summed E-state index contributed by atoms with van der Waals surface area (Å²) in [5.74, 6) is -1.14. The van der Waals surface area contributed by atoms with Gasteiger partial charge in [0.1, 0.15) is 5.82 Å². The Balaban J connectivity index is 2.26. The van der Waals surface area contributed by atoms with Crippen molar-refractivity contribution in [2.75, 3.05) is 23.6 Å². The molecule has 10 heteroatoms. The number of anilines is 1. The van der Waals surface area contributed by atoms with E-state index in [2.05, 4.69) is 4.72 Å². The Morgan fingerprint density at radius 3 is 2.39 bits per heavy atom. The largest absolute Gasteiger partial charge is 0.328 e. The van der Waals surface area contributed by atoms with Gasteiger partial charge in [0.25, 0.3) is 0 Å². The molecular formula is C13H20FN3O4S2. The van der Waals surface area contributed by atoms with Crippen LogP contribution in [0.15, 0.2) is 23.1 Å². The average molecular weight is 365 g/mol. The predicted molar refractivity (Wildman–Crippen MR) is 85.5 cm³/mol. The van der Waals surface area contributed by atoms with Gasteiger partial charge in [0, 0.05) is 19.1 Å². The number of sulfonamides is 2. The van der Waals surface area contributed by atoms with Crippen LogP contribution in [0.25, 0.3) is 0 Å². The summed E-state index contributed by atoms with van der Waals surface area (Å²) >= 11 is 0. The van der Waals surface area contributed by atoms with Crippen LogP contribution >= 0.6 is 0 Å². The highest BCUT2D eigenvalue weighted by atomic mass is 32.2. The topological polar surface area (TPSA) is 110 Å². The molecule has 0 bridgehead atoms. The van der Waals surface area contributed by atoms with Gasteiger partial charge in [-0.05, 0) is 38.0 Å².